The van der Waals surface area contributed by atoms with E-state index in [1.165, 1.54) is 0 Å². The maximum atomic E-state index is 12.2. The van der Waals surface area contributed by atoms with E-state index in [9.17, 15) is 4.79 Å². The van der Waals surface area contributed by atoms with Crippen LogP contribution in [0.1, 0.15) is 53.4 Å². The van der Waals surface area contributed by atoms with Gasteiger partial charge in [0.1, 0.15) is 5.60 Å². The van der Waals surface area contributed by atoms with Gasteiger partial charge in [-0.05, 0) is 40.0 Å². The van der Waals surface area contributed by atoms with Crippen LogP contribution >= 0.6 is 0 Å². The molecule has 1 fully saturated rings. The highest BCUT2D eigenvalue weighted by Gasteiger charge is 2.43. The molecule has 0 spiro atoms. The normalized spacial score (nSPS) is 25.1. The zero-order valence-electron chi connectivity index (χ0n) is 11.6. The second-order valence-corrected chi connectivity index (χ2v) is 5.91. The molecule has 1 aliphatic heterocycles. The van der Waals surface area contributed by atoms with Crippen LogP contribution in [0.5, 0.6) is 0 Å². The van der Waals surface area contributed by atoms with Gasteiger partial charge in [-0.1, -0.05) is 13.3 Å². The summed E-state index contributed by atoms with van der Waals surface area (Å²) in [6.07, 6.45) is 3.81. The van der Waals surface area contributed by atoms with E-state index < -0.39 is 5.60 Å². The number of amides is 1. The molecule has 0 aliphatic carbocycles. The lowest BCUT2D eigenvalue weighted by molar-refractivity contribution is 0.00755. The van der Waals surface area contributed by atoms with Crippen LogP contribution in [0.25, 0.3) is 0 Å². The Morgan fingerprint density at radius 1 is 1.47 bits per heavy atom. The molecule has 0 saturated carbocycles. The van der Waals surface area contributed by atoms with Crippen LogP contribution in [-0.2, 0) is 4.74 Å². The molecular formula is C13H26N2O2. The highest BCUT2D eigenvalue weighted by molar-refractivity contribution is 5.69. The smallest absolute Gasteiger partial charge is 0.410 e. The quantitative estimate of drug-likeness (QED) is 0.827. The van der Waals surface area contributed by atoms with Gasteiger partial charge in [-0.15, -0.1) is 0 Å². The van der Waals surface area contributed by atoms with Crippen LogP contribution in [-0.4, -0.2) is 35.2 Å². The second kappa shape index (κ2) is 5.25. The first-order chi connectivity index (χ1) is 7.84. The third kappa shape index (κ3) is 3.35. The summed E-state index contributed by atoms with van der Waals surface area (Å²) in [6.45, 7) is 9.11. The van der Waals surface area contributed by atoms with Gasteiger partial charge in [-0.2, -0.15) is 0 Å². The lowest BCUT2D eigenvalue weighted by Crippen LogP contribution is -2.53. The Balaban J connectivity index is 2.77. The number of nitrogens with two attached hydrogens (primary N) is 1. The van der Waals surface area contributed by atoms with E-state index in [1.54, 1.807) is 0 Å². The zero-order valence-corrected chi connectivity index (χ0v) is 11.6. The van der Waals surface area contributed by atoms with Gasteiger partial charge in [0, 0.05) is 13.1 Å². The predicted octanol–water partition coefficient (Wildman–Crippen LogP) is 2.51. The molecule has 0 unspecified atom stereocenters. The van der Waals surface area contributed by atoms with E-state index in [-0.39, 0.29) is 11.6 Å². The molecule has 100 valence electrons. The summed E-state index contributed by atoms with van der Waals surface area (Å²) in [5, 5.41) is 0. The largest absolute Gasteiger partial charge is 0.444 e. The average Bonchev–Trinajstić information content (AvgIpc) is 2.60. The minimum absolute atomic E-state index is 0.170. The van der Waals surface area contributed by atoms with Crippen LogP contribution < -0.4 is 5.73 Å². The van der Waals surface area contributed by atoms with Crippen LogP contribution in [0.2, 0.25) is 0 Å². The number of ether oxygens (including phenoxy) is 1. The molecule has 2 N–H and O–H groups in total. The fraction of sp³-hybridized carbons (Fsp3) is 0.923. The summed E-state index contributed by atoms with van der Waals surface area (Å²) in [5.74, 6) is 0. The molecule has 0 aromatic rings. The Bertz CT molecular complexity index is 273. The van der Waals surface area contributed by atoms with Crippen molar-refractivity contribution in [3.8, 4) is 0 Å². The minimum Gasteiger partial charge on any atom is -0.444 e. The highest BCUT2D eigenvalue weighted by atomic mass is 16.6. The van der Waals surface area contributed by atoms with Gasteiger partial charge < -0.3 is 15.4 Å². The standard InChI is InChI=1S/C13H26N2O2/c1-5-7-13(10-14)8-6-9-15(13)11(16)17-12(2,3)4/h5-10,14H2,1-4H3/t13-/m0/s1. The first kappa shape index (κ1) is 14.3. The van der Waals surface area contributed by atoms with Crippen LogP contribution in [0.4, 0.5) is 4.79 Å². The van der Waals surface area contributed by atoms with Crippen molar-refractivity contribution >= 4 is 6.09 Å². The van der Waals surface area contributed by atoms with Crippen molar-refractivity contribution in [2.75, 3.05) is 13.1 Å². The number of carbonyl (C=O) groups excluding carboxylic acids is 1. The van der Waals surface area contributed by atoms with Crippen molar-refractivity contribution in [2.24, 2.45) is 5.73 Å². The molecule has 1 heterocycles. The van der Waals surface area contributed by atoms with E-state index in [0.717, 1.165) is 32.2 Å². The summed E-state index contributed by atoms with van der Waals surface area (Å²) in [5.41, 5.74) is 5.29. The third-order valence-electron chi connectivity index (χ3n) is 3.31. The summed E-state index contributed by atoms with van der Waals surface area (Å²) >= 11 is 0. The average molecular weight is 242 g/mol. The monoisotopic (exact) mass is 242 g/mol. The van der Waals surface area contributed by atoms with Gasteiger partial charge in [0.15, 0.2) is 0 Å². The lowest BCUT2D eigenvalue weighted by Gasteiger charge is -2.38. The van der Waals surface area contributed by atoms with E-state index in [0.29, 0.717) is 6.54 Å². The molecule has 1 atom stereocenters. The number of likely N-dealkylation sites (tertiary alicyclic amines) is 1. The Morgan fingerprint density at radius 3 is 2.59 bits per heavy atom. The number of hydrogen-bond donors (Lipinski definition) is 1. The van der Waals surface area contributed by atoms with Crippen molar-refractivity contribution < 1.29 is 9.53 Å². The van der Waals surface area contributed by atoms with Crippen LogP contribution in [0.15, 0.2) is 0 Å². The Morgan fingerprint density at radius 2 is 2.12 bits per heavy atom. The van der Waals surface area contributed by atoms with Gasteiger partial charge in [-0.25, -0.2) is 4.79 Å². The van der Waals surface area contributed by atoms with Crippen LogP contribution in [0.3, 0.4) is 0 Å². The Kier molecular flexibility index (Phi) is 4.42. The van der Waals surface area contributed by atoms with Crippen molar-refractivity contribution in [3.63, 3.8) is 0 Å². The van der Waals surface area contributed by atoms with E-state index in [4.69, 9.17) is 10.5 Å². The molecule has 0 radical (unpaired) electrons. The van der Waals surface area contributed by atoms with Gasteiger partial charge in [0.2, 0.25) is 0 Å². The topological polar surface area (TPSA) is 55.6 Å². The Labute approximate surface area is 104 Å². The molecule has 17 heavy (non-hydrogen) atoms. The lowest BCUT2D eigenvalue weighted by atomic mass is 9.91. The van der Waals surface area contributed by atoms with Crippen LogP contribution in [0, 0.1) is 0 Å². The SMILES string of the molecule is CCC[C@@]1(CN)CCCN1C(=O)OC(C)(C)C. The summed E-state index contributed by atoms with van der Waals surface area (Å²) < 4.78 is 5.46. The molecule has 1 aliphatic rings. The number of hydrogen-bond acceptors (Lipinski definition) is 3. The third-order valence-corrected chi connectivity index (χ3v) is 3.31. The predicted molar refractivity (Wildman–Crippen MR) is 68.9 cm³/mol. The first-order valence-electron chi connectivity index (χ1n) is 6.55. The van der Waals surface area contributed by atoms with Gasteiger partial charge in [-0.3, -0.25) is 0 Å². The van der Waals surface area contributed by atoms with Crippen molar-refractivity contribution in [1.82, 2.24) is 4.90 Å². The highest BCUT2D eigenvalue weighted by Crippen LogP contribution is 2.33. The number of rotatable bonds is 3. The zero-order chi connectivity index (χ0) is 13.1. The number of nitrogens with zero attached hydrogens (tertiary/aromatic N) is 1. The van der Waals surface area contributed by atoms with Gasteiger partial charge >= 0.3 is 6.09 Å². The van der Waals surface area contributed by atoms with E-state index >= 15 is 0 Å². The van der Waals surface area contributed by atoms with E-state index in [2.05, 4.69) is 6.92 Å². The molecule has 1 saturated heterocycles. The van der Waals surface area contributed by atoms with Crippen molar-refractivity contribution in [2.45, 2.75) is 64.5 Å². The molecule has 0 aromatic carbocycles. The molecule has 0 bridgehead atoms. The molecule has 1 amide bonds. The minimum atomic E-state index is -0.438. The Hall–Kier alpha value is -0.770. The maximum absolute atomic E-state index is 12.2. The molecular weight excluding hydrogens is 216 g/mol. The fourth-order valence-electron chi connectivity index (χ4n) is 2.58. The van der Waals surface area contributed by atoms with Crippen molar-refractivity contribution in [3.05, 3.63) is 0 Å². The van der Waals surface area contributed by atoms with Gasteiger partial charge in [0.25, 0.3) is 0 Å². The maximum Gasteiger partial charge on any atom is 0.410 e. The molecule has 0 aromatic heterocycles. The summed E-state index contributed by atoms with van der Waals surface area (Å²) in [6, 6.07) is 0. The molecule has 4 heteroatoms. The fourth-order valence-corrected chi connectivity index (χ4v) is 2.58. The van der Waals surface area contributed by atoms with Crippen molar-refractivity contribution in [1.29, 1.82) is 0 Å². The summed E-state index contributed by atoms with van der Waals surface area (Å²) in [7, 11) is 0. The van der Waals surface area contributed by atoms with Gasteiger partial charge in [0.05, 0.1) is 5.54 Å². The first-order valence-corrected chi connectivity index (χ1v) is 6.55. The molecule has 1 rings (SSSR count). The summed E-state index contributed by atoms with van der Waals surface area (Å²) in [4.78, 5) is 14.0. The van der Waals surface area contributed by atoms with E-state index in [1.807, 2.05) is 25.7 Å². The number of carbonyl (C=O) groups is 1. The molecule has 4 nitrogen and oxygen atoms in total. The second-order valence-electron chi connectivity index (χ2n) is 5.91.